The van der Waals surface area contributed by atoms with E-state index in [0.29, 0.717) is 37.5 Å². The Kier molecular flexibility index (Phi) is 4.66. The molecule has 7 heteroatoms. The zero-order valence-corrected chi connectivity index (χ0v) is 16.4. The second kappa shape index (κ2) is 7.46. The van der Waals surface area contributed by atoms with Crippen molar-refractivity contribution in [1.29, 1.82) is 0 Å². The minimum absolute atomic E-state index is 0.00862. The van der Waals surface area contributed by atoms with Crippen molar-refractivity contribution in [3.63, 3.8) is 0 Å². The fourth-order valence-electron chi connectivity index (χ4n) is 4.14. The number of nitrogens with one attached hydrogen (secondary N) is 2. The lowest BCUT2D eigenvalue weighted by atomic mass is 10.1. The molecule has 29 heavy (non-hydrogen) atoms. The molecule has 150 valence electrons. The molecule has 1 unspecified atom stereocenters. The average Bonchev–Trinajstić information content (AvgIpc) is 3.52. The van der Waals surface area contributed by atoms with Gasteiger partial charge in [-0.2, -0.15) is 0 Å². The number of aromatic nitrogens is 2. The molecule has 1 saturated carbocycles. The summed E-state index contributed by atoms with van der Waals surface area (Å²) in [5.74, 6) is 1.92. The Morgan fingerprint density at radius 2 is 1.97 bits per heavy atom. The zero-order valence-electron chi connectivity index (χ0n) is 16.4. The van der Waals surface area contributed by atoms with E-state index in [1.807, 2.05) is 23.1 Å². The third kappa shape index (κ3) is 3.81. The first-order valence-corrected chi connectivity index (χ1v) is 10.4. The Hall–Kier alpha value is -2.96. The van der Waals surface area contributed by atoms with E-state index in [0.717, 1.165) is 43.0 Å². The summed E-state index contributed by atoms with van der Waals surface area (Å²) in [5, 5.41) is 6.35. The highest BCUT2D eigenvalue weighted by Crippen LogP contribution is 2.39. The van der Waals surface area contributed by atoms with Gasteiger partial charge in [0, 0.05) is 37.5 Å². The molecular weight excluding hydrogens is 366 g/mol. The first-order chi connectivity index (χ1) is 14.2. The third-order valence-corrected chi connectivity index (χ3v) is 5.91. The molecule has 2 aromatic rings. The molecule has 1 atom stereocenters. The molecule has 1 saturated heterocycles. The van der Waals surface area contributed by atoms with Crippen molar-refractivity contribution < 1.29 is 9.59 Å². The first kappa shape index (κ1) is 18.1. The Bertz CT molecular complexity index is 942. The van der Waals surface area contributed by atoms with Gasteiger partial charge in [0.1, 0.15) is 17.3 Å². The average molecular weight is 391 g/mol. The summed E-state index contributed by atoms with van der Waals surface area (Å²) < 4.78 is 0. The van der Waals surface area contributed by atoms with Gasteiger partial charge in [-0.3, -0.25) is 9.59 Å². The number of carbonyl (C=O) groups is 2. The maximum absolute atomic E-state index is 12.5. The van der Waals surface area contributed by atoms with Gasteiger partial charge in [0.2, 0.25) is 5.91 Å². The SMILES string of the molecule is O=C1NCCc2c(NC3CC(=O)N(CCc4ccccc4)C3)nc(C3CC3)nc21. The minimum atomic E-state index is -0.120. The van der Waals surface area contributed by atoms with E-state index in [9.17, 15) is 9.59 Å². The summed E-state index contributed by atoms with van der Waals surface area (Å²) in [4.78, 5) is 36.0. The number of carbonyl (C=O) groups excluding carboxylic acids is 2. The van der Waals surface area contributed by atoms with Crippen LogP contribution in [0.3, 0.4) is 0 Å². The van der Waals surface area contributed by atoms with Crippen molar-refractivity contribution in [3.8, 4) is 0 Å². The summed E-state index contributed by atoms with van der Waals surface area (Å²) >= 11 is 0. The van der Waals surface area contributed by atoms with E-state index in [4.69, 9.17) is 4.98 Å². The van der Waals surface area contributed by atoms with Crippen LogP contribution in [0, 0.1) is 0 Å². The van der Waals surface area contributed by atoms with Gasteiger partial charge in [-0.25, -0.2) is 9.97 Å². The van der Waals surface area contributed by atoms with E-state index in [2.05, 4.69) is 27.8 Å². The van der Waals surface area contributed by atoms with Gasteiger partial charge in [-0.15, -0.1) is 0 Å². The van der Waals surface area contributed by atoms with Crippen LogP contribution >= 0.6 is 0 Å². The maximum atomic E-state index is 12.5. The van der Waals surface area contributed by atoms with E-state index < -0.39 is 0 Å². The van der Waals surface area contributed by atoms with Crippen LogP contribution in [0.4, 0.5) is 5.82 Å². The van der Waals surface area contributed by atoms with Crippen molar-refractivity contribution in [1.82, 2.24) is 20.2 Å². The fourth-order valence-corrected chi connectivity index (χ4v) is 4.14. The van der Waals surface area contributed by atoms with Gasteiger partial charge >= 0.3 is 0 Å². The molecule has 7 nitrogen and oxygen atoms in total. The van der Waals surface area contributed by atoms with Crippen molar-refractivity contribution in [2.45, 2.75) is 44.1 Å². The number of amides is 2. The molecule has 2 fully saturated rings. The molecule has 0 bridgehead atoms. The largest absolute Gasteiger partial charge is 0.365 e. The summed E-state index contributed by atoms with van der Waals surface area (Å²) in [6, 6.07) is 10.2. The standard InChI is InChI=1S/C22H25N5O2/c28-18-12-16(13-27(18)11-9-14-4-2-1-3-5-14)24-21-17-8-10-23-22(29)19(17)25-20(26-21)15-6-7-15/h1-5,15-16H,6-13H2,(H,23,29)(H,24,25,26). The Morgan fingerprint density at radius 3 is 2.76 bits per heavy atom. The van der Waals surface area contributed by atoms with Crippen LogP contribution in [0.25, 0.3) is 0 Å². The molecular formula is C22H25N5O2. The van der Waals surface area contributed by atoms with Gasteiger partial charge in [0.25, 0.3) is 5.91 Å². The summed E-state index contributed by atoms with van der Waals surface area (Å²) in [6.45, 7) is 1.98. The first-order valence-electron chi connectivity index (χ1n) is 10.4. The second-order valence-corrected chi connectivity index (χ2v) is 8.16. The molecule has 3 heterocycles. The smallest absolute Gasteiger partial charge is 0.270 e. The lowest BCUT2D eigenvalue weighted by Crippen LogP contribution is -2.35. The highest BCUT2D eigenvalue weighted by Gasteiger charge is 2.34. The summed E-state index contributed by atoms with van der Waals surface area (Å²) in [5.41, 5.74) is 2.62. The van der Waals surface area contributed by atoms with Gasteiger partial charge in [0.15, 0.2) is 0 Å². The molecule has 3 aliphatic rings. The topological polar surface area (TPSA) is 87.2 Å². The monoisotopic (exact) mass is 391 g/mol. The molecule has 1 aliphatic carbocycles. The van der Waals surface area contributed by atoms with Crippen molar-refractivity contribution in [2.24, 2.45) is 0 Å². The number of rotatable bonds is 6. The van der Waals surface area contributed by atoms with Crippen LogP contribution in [-0.4, -0.2) is 52.4 Å². The predicted octanol–water partition coefficient (Wildman–Crippen LogP) is 1.90. The molecule has 5 rings (SSSR count). The van der Waals surface area contributed by atoms with Gasteiger partial charge in [0.05, 0.1) is 6.04 Å². The Labute approximate surface area is 169 Å². The zero-order chi connectivity index (χ0) is 19.8. The number of hydrogen-bond donors (Lipinski definition) is 2. The van der Waals surface area contributed by atoms with Crippen molar-refractivity contribution in [3.05, 3.63) is 53.0 Å². The molecule has 2 N–H and O–H groups in total. The molecule has 1 aromatic heterocycles. The van der Waals surface area contributed by atoms with Crippen molar-refractivity contribution in [2.75, 3.05) is 25.0 Å². The van der Waals surface area contributed by atoms with Crippen LogP contribution in [0.2, 0.25) is 0 Å². The molecule has 2 aliphatic heterocycles. The highest BCUT2D eigenvalue weighted by molar-refractivity contribution is 5.96. The molecule has 1 aromatic carbocycles. The summed E-state index contributed by atoms with van der Waals surface area (Å²) in [6.07, 6.45) is 4.18. The lowest BCUT2D eigenvalue weighted by Gasteiger charge is -2.22. The summed E-state index contributed by atoms with van der Waals surface area (Å²) in [7, 11) is 0. The van der Waals surface area contributed by atoms with E-state index in [1.54, 1.807) is 0 Å². The van der Waals surface area contributed by atoms with Gasteiger partial charge in [-0.1, -0.05) is 30.3 Å². The third-order valence-electron chi connectivity index (χ3n) is 5.91. The van der Waals surface area contributed by atoms with Crippen LogP contribution < -0.4 is 10.6 Å². The quantitative estimate of drug-likeness (QED) is 0.785. The lowest BCUT2D eigenvalue weighted by molar-refractivity contribution is -0.127. The van der Waals surface area contributed by atoms with Crippen LogP contribution in [0.15, 0.2) is 30.3 Å². The van der Waals surface area contributed by atoms with Gasteiger partial charge < -0.3 is 15.5 Å². The van der Waals surface area contributed by atoms with Gasteiger partial charge in [-0.05, 0) is 31.2 Å². The molecule has 2 amide bonds. The normalized spacial score (nSPS) is 21.1. The van der Waals surface area contributed by atoms with Crippen molar-refractivity contribution >= 4 is 17.6 Å². The highest BCUT2D eigenvalue weighted by atomic mass is 16.2. The molecule has 0 radical (unpaired) electrons. The minimum Gasteiger partial charge on any atom is -0.365 e. The number of hydrogen-bond acceptors (Lipinski definition) is 5. The van der Waals surface area contributed by atoms with E-state index in [1.165, 1.54) is 5.56 Å². The van der Waals surface area contributed by atoms with Crippen LogP contribution in [0.1, 0.15) is 52.6 Å². The second-order valence-electron chi connectivity index (χ2n) is 8.16. The number of benzene rings is 1. The predicted molar refractivity (Wildman–Crippen MR) is 109 cm³/mol. The Morgan fingerprint density at radius 1 is 1.14 bits per heavy atom. The number of likely N-dealkylation sites (tertiary alicyclic amines) is 1. The van der Waals surface area contributed by atoms with E-state index in [-0.39, 0.29) is 17.9 Å². The fraction of sp³-hybridized carbons (Fsp3) is 0.455. The van der Waals surface area contributed by atoms with E-state index >= 15 is 0 Å². The number of fused-ring (bicyclic) bond motifs is 1. The molecule has 0 spiro atoms. The van der Waals surface area contributed by atoms with Crippen LogP contribution in [-0.2, 0) is 17.6 Å². The number of anilines is 1. The Balaban J connectivity index is 1.30. The maximum Gasteiger partial charge on any atom is 0.270 e. The number of nitrogens with zero attached hydrogens (tertiary/aromatic N) is 3. The van der Waals surface area contributed by atoms with Crippen LogP contribution in [0.5, 0.6) is 0 Å².